The molecule has 0 fully saturated rings. The number of rotatable bonds is 5. The Kier molecular flexibility index (Phi) is 7.02. The van der Waals surface area contributed by atoms with E-state index < -0.39 is 6.04 Å². The van der Waals surface area contributed by atoms with Crippen molar-refractivity contribution >= 4 is 18.3 Å². The highest BCUT2D eigenvalue weighted by Gasteiger charge is 2.23. The number of nitrogens with two attached hydrogens (primary N) is 1. The minimum atomic E-state index is -0.430. The lowest BCUT2D eigenvalue weighted by Gasteiger charge is -2.23. The van der Waals surface area contributed by atoms with Gasteiger partial charge in [0.1, 0.15) is 11.5 Å². The quantitative estimate of drug-likeness (QED) is 0.897. The van der Waals surface area contributed by atoms with Crippen LogP contribution in [0.5, 0.6) is 0 Å². The summed E-state index contributed by atoms with van der Waals surface area (Å²) in [6, 6.07) is 3.34. The molecule has 1 aromatic heterocycles. The first-order chi connectivity index (χ1) is 7.95. The molecule has 1 rings (SSSR count). The highest BCUT2D eigenvalue weighted by atomic mass is 35.5. The molecule has 4 nitrogen and oxygen atoms in total. The lowest BCUT2D eigenvalue weighted by molar-refractivity contribution is -0.133. The zero-order valence-electron chi connectivity index (χ0n) is 11.5. The Balaban J connectivity index is 0.00000289. The smallest absolute Gasteiger partial charge is 0.239 e. The van der Waals surface area contributed by atoms with Gasteiger partial charge in [-0.25, -0.2) is 0 Å². The molecule has 0 saturated carbocycles. The van der Waals surface area contributed by atoms with Crippen molar-refractivity contribution in [2.75, 3.05) is 7.05 Å². The topological polar surface area (TPSA) is 59.5 Å². The first kappa shape index (κ1) is 17.0. The summed E-state index contributed by atoms with van der Waals surface area (Å²) in [6.07, 6.45) is 0.903. The second-order valence-electron chi connectivity index (χ2n) is 4.62. The minimum Gasteiger partial charge on any atom is -0.464 e. The molecule has 1 heterocycles. The van der Waals surface area contributed by atoms with Crippen LogP contribution in [0.1, 0.15) is 31.8 Å². The normalized spacial score (nSPS) is 13.6. The van der Waals surface area contributed by atoms with Gasteiger partial charge in [0.25, 0.3) is 0 Å². The van der Waals surface area contributed by atoms with E-state index in [4.69, 9.17) is 10.2 Å². The maximum absolute atomic E-state index is 12.0. The van der Waals surface area contributed by atoms with Gasteiger partial charge in [0.15, 0.2) is 0 Å². The maximum atomic E-state index is 12.0. The van der Waals surface area contributed by atoms with Crippen molar-refractivity contribution in [3.63, 3.8) is 0 Å². The second kappa shape index (κ2) is 7.44. The number of carbonyl (C=O) groups is 1. The average molecular weight is 275 g/mol. The number of aryl methyl sites for hydroxylation is 1. The van der Waals surface area contributed by atoms with Gasteiger partial charge in [-0.05, 0) is 25.0 Å². The van der Waals surface area contributed by atoms with Gasteiger partial charge >= 0.3 is 0 Å². The molecule has 0 saturated heterocycles. The third-order valence-electron chi connectivity index (χ3n) is 3.11. The predicted octanol–water partition coefficient (Wildman–Crippen LogP) is 2.34. The molecule has 0 aliphatic carbocycles. The van der Waals surface area contributed by atoms with Gasteiger partial charge in [-0.2, -0.15) is 0 Å². The van der Waals surface area contributed by atoms with Gasteiger partial charge < -0.3 is 15.1 Å². The van der Waals surface area contributed by atoms with Crippen LogP contribution in [-0.4, -0.2) is 23.9 Å². The van der Waals surface area contributed by atoms with E-state index in [0.717, 1.165) is 17.9 Å². The summed E-state index contributed by atoms with van der Waals surface area (Å²) < 4.78 is 5.44. The van der Waals surface area contributed by atoms with Crippen molar-refractivity contribution in [2.24, 2.45) is 11.7 Å². The number of furan rings is 1. The fourth-order valence-electron chi connectivity index (χ4n) is 1.63. The van der Waals surface area contributed by atoms with E-state index in [9.17, 15) is 4.79 Å². The first-order valence-corrected chi connectivity index (χ1v) is 6.01. The monoisotopic (exact) mass is 274 g/mol. The van der Waals surface area contributed by atoms with Gasteiger partial charge in [0, 0.05) is 7.05 Å². The zero-order chi connectivity index (χ0) is 13.0. The van der Waals surface area contributed by atoms with Crippen molar-refractivity contribution in [3.8, 4) is 0 Å². The first-order valence-electron chi connectivity index (χ1n) is 6.01. The van der Waals surface area contributed by atoms with E-state index in [1.54, 1.807) is 11.9 Å². The van der Waals surface area contributed by atoms with Crippen molar-refractivity contribution in [1.29, 1.82) is 0 Å². The Morgan fingerprint density at radius 3 is 2.56 bits per heavy atom. The third kappa shape index (κ3) is 4.35. The number of halogens is 1. The second-order valence-corrected chi connectivity index (χ2v) is 4.62. The van der Waals surface area contributed by atoms with Gasteiger partial charge in [0.05, 0.1) is 12.6 Å². The lowest BCUT2D eigenvalue weighted by Crippen LogP contribution is -2.45. The van der Waals surface area contributed by atoms with E-state index in [-0.39, 0.29) is 24.2 Å². The Bertz CT molecular complexity index is 379. The summed E-state index contributed by atoms with van der Waals surface area (Å²) in [5.74, 6) is 1.80. The molecule has 5 heteroatoms. The number of amides is 1. The van der Waals surface area contributed by atoms with Crippen molar-refractivity contribution in [2.45, 2.75) is 39.8 Å². The standard InChI is InChI=1S/C13H22N2O2.ClH/c1-5-9(2)12(14)13(16)15(4)8-11-7-6-10(3)17-11;/h6-7,9,12H,5,8,14H2,1-4H3;1H. The Hall–Kier alpha value is -1.00. The molecule has 104 valence electrons. The maximum Gasteiger partial charge on any atom is 0.239 e. The Morgan fingerprint density at radius 1 is 1.50 bits per heavy atom. The summed E-state index contributed by atoms with van der Waals surface area (Å²) in [5, 5.41) is 0. The molecule has 0 spiro atoms. The van der Waals surface area contributed by atoms with Crippen LogP contribution in [0.4, 0.5) is 0 Å². The third-order valence-corrected chi connectivity index (χ3v) is 3.11. The molecule has 0 aromatic carbocycles. The molecular weight excluding hydrogens is 252 g/mol. The van der Waals surface area contributed by atoms with E-state index in [1.807, 2.05) is 32.9 Å². The fourth-order valence-corrected chi connectivity index (χ4v) is 1.63. The van der Waals surface area contributed by atoms with E-state index >= 15 is 0 Å². The van der Waals surface area contributed by atoms with Crippen molar-refractivity contribution < 1.29 is 9.21 Å². The van der Waals surface area contributed by atoms with Crippen LogP contribution in [0.25, 0.3) is 0 Å². The number of likely N-dealkylation sites (N-methyl/N-ethyl adjacent to an activating group) is 1. The SMILES string of the molecule is CCC(C)C(N)C(=O)N(C)Cc1ccc(C)o1.Cl. The summed E-state index contributed by atoms with van der Waals surface area (Å²) in [6.45, 7) is 6.38. The summed E-state index contributed by atoms with van der Waals surface area (Å²) in [5.41, 5.74) is 5.91. The molecule has 0 radical (unpaired) electrons. The van der Waals surface area contributed by atoms with Crippen molar-refractivity contribution in [1.82, 2.24) is 4.90 Å². The Morgan fingerprint density at radius 2 is 2.11 bits per heavy atom. The molecule has 2 unspecified atom stereocenters. The lowest BCUT2D eigenvalue weighted by atomic mass is 9.99. The molecule has 18 heavy (non-hydrogen) atoms. The summed E-state index contributed by atoms with van der Waals surface area (Å²) in [4.78, 5) is 13.6. The molecule has 1 aromatic rings. The van der Waals surface area contributed by atoms with Gasteiger partial charge in [0.2, 0.25) is 5.91 Å². The predicted molar refractivity (Wildman–Crippen MR) is 74.6 cm³/mol. The number of carbonyl (C=O) groups excluding carboxylic acids is 1. The van der Waals surface area contributed by atoms with Crippen LogP contribution in [-0.2, 0) is 11.3 Å². The zero-order valence-corrected chi connectivity index (χ0v) is 12.3. The Labute approximate surface area is 115 Å². The van der Waals surface area contributed by atoms with Crippen molar-refractivity contribution in [3.05, 3.63) is 23.7 Å². The van der Waals surface area contributed by atoms with Crippen LogP contribution < -0.4 is 5.73 Å². The molecule has 1 amide bonds. The molecule has 0 bridgehead atoms. The molecule has 2 atom stereocenters. The molecular formula is C13H23ClN2O2. The van der Waals surface area contributed by atoms with Gasteiger partial charge in [-0.3, -0.25) is 4.79 Å². The van der Waals surface area contributed by atoms with Crippen LogP contribution in [0.2, 0.25) is 0 Å². The summed E-state index contributed by atoms with van der Waals surface area (Å²) in [7, 11) is 1.75. The molecule has 0 aliphatic rings. The minimum absolute atomic E-state index is 0. The largest absolute Gasteiger partial charge is 0.464 e. The van der Waals surface area contributed by atoms with E-state index in [0.29, 0.717) is 6.54 Å². The van der Waals surface area contributed by atoms with Crippen LogP contribution >= 0.6 is 12.4 Å². The van der Waals surface area contributed by atoms with E-state index in [2.05, 4.69) is 0 Å². The summed E-state index contributed by atoms with van der Waals surface area (Å²) >= 11 is 0. The fraction of sp³-hybridized carbons (Fsp3) is 0.615. The van der Waals surface area contributed by atoms with Crippen LogP contribution in [0, 0.1) is 12.8 Å². The van der Waals surface area contributed by atoms with Crippen LogP contribution in [0.3, 0.4) is 0 Å². The highest BCUT2D eigenvalue weighted by Crippen LogP contribution is 2.12. The number of hydrogen-bond acceptors (Lipinski definition) is 3. The molecule has 2 N–H and O–H groups in total. The number of hydrogen-bond donors (Lipinski definition) is 1. The average Bonchev–Trinajstić information content (AvgIpc) is 2.71. The van der Waals surface area contributed by atoms with Gasteiger partial charge in [-0.1, -0.05) is 20.3 Å². The molecule has 0 aliphatic heterocycles. The number of nitrogens with zero attached hydrogens (tertiary/aromatic N) is 1. The highest BCUT2D eigenvalue weighted by molar-refractivity contribution is 5.85. The van der Waals surface area contributed by atoms with Gasteiger partial charge in [-0.15, -0.1) is 12.4 Å². The van der Waals surface area contributed by atoms with Crippen LogP contribution in [0.15, 0.2) is 16.5 Å². The van der Waals surface area contributed by atoms with E-state index in [1.165, 1.54) is 0 Å².